The summed E-state index contributed by atoms with van der Waals surface area (Å²) < 4.78 is 0. The maximum atomic E-state index is 6.04. The molecule has 1 heterocycles. The first kappa shape index (κ1) is 14.4. The summed E-state index contributed by atoms with van der Waals surface area (Å²) in [5, 5.41) is 0. The van der Waals surface area contributed by atoms with Crippen LogP contribution in [-0.2, 0) is 6.42 Å². The van der Waals surface area contributed by atoms with E-state index >= 15 is 0 Å². The van der Waals surface area contributed by atoms with Gasteiger partial charge in [-0.1, -0.05) is 19.1 Å². The molecule has 0 spiro atoms. The zero-order chi connectivity index (χ0) is 13.8. The monoisotopic (exact) mass is 261 g/mol. The molecule has 0 bridgehead atoms. The maximum absolute atomic E-state index is 6.04. The fourth-order valence-electron chi connectivity index (χ4n) is 2.69. The third kappa shape index (κ3) is 3.71. The van der Waals surface area contributed by atoms with E-state index in [0.717, 1.165) is 39.0 Å². The average Bonchev–Trinajstić information content (AvgIpc) is 2.40. The Hall–Kier alpha value is -1.06. The van der Waals surface area contributed by atoms with E-state index in [9.17, 15) is 0 Å². The molecule has 0 aromatic heterocycles. The van der Waals surface area contributed by atoms with Crippen LogP contribution >= 0.6 is 0 Å². The summed E-state index contributed by atoms with van der Waals surface area (Å²) in [5.74, 6) is 0. The third-order valence-electron chi connectivity index (χ3n) is 4.13. The lowest BCUT2D eigenvalue weighted by atomic mass is 10.0. The molecule has 1 aromatic rings. The van der Waals surface area contributed by atoms with Crippen LogP contribution in [0.15, 0.2) is 18.2 Å². The molecular formula is C16H27N3. The summed E-state index contributed by atoms with van der Waals surface area (Å²) in [4.78, 5) is 4.89. The van der Waals surface area contributed by atoms with E-state index < -0.39 is 0 Å². The summed E-state index contributed by atoms with van der Waals surface area (Å²) in [5.41, 5.74) is 10.2. The number of nitrogens with two attached hydrogens (primary N) is 1. The van der Waals surface area contributed by atoms with Crippen molar-refractivity contribution < 1.29 is 0 Å². The normalized spacial score (nSPS) is 18.6. The number of nitrogens with zero attached hydrogens (tertiary/aromatic N) is 2. The summed E-state index contributed by atoms with van der Waals surface area (Å²) >= 11 is 0. The third-order valence-corrected chi connectivity index (χ3v) is 4.13. The highest BCUT2D eigenvalue weighted by Gasteiger charge is 2.16. The minimum atomic E-state index is 0.286. The predicted octanol–water partition coefficient (Wildman–Crippen LogP) is 2.03. The second-order valence-electron chi connectivity index (χ2n) is 5.78. The van der Waals surface area contributed by atoms with Crippen molar-refractivity contribution in [2.75, 3.05) is 38.1 Å². The quantitative estimate of drug-likeness (QED) is 0.900. The lowest BCUT2D eigenvalue weighted by Crippen LogP contribution is -2.44. The van der Waals surface area contributed by atoms with Gasteiger partial charge in [0.1, 0.15) is 0 Å². The Morgan fingerprint density at radius 3 is 2.47 bits per heavy atom. The molecule has 0 amide bonds. The van der Waals surface area contributed by atoms with E-state index in [4.69, 9.17) is 5.73 Å². The molecule has 0 radical (unpaired) electrons. The van der Waals surface area contributed by atoms with Gasteiger partial charge in [0, 0.05) is 37.9 Å². The minimum Gasteiger partial charge on any atom is -0.369 e. The Bertz CT molecular complexity index is 408. The number of anilines is 1. The Kier molecular flexibility index (Phi) is 4.83. The van der Waals surface area contributed by atoms with Crippen LogP contribution in [0.5, 0.6) is 0 Å². The lowest BCUT2D eigenvalue weighted by molar-refractivity contribution is 0.312. The molecule has 0 aliphatic carbocycles. The van der Waals surface area contributed by atoms with Gasteiger partial charge in [-0.15, -0.1) is 0 Å². The van der Waals surface area contributed by atoms with Gasteiger partial charge in [-0.2, -0.15) is 0 Å². The molecule has 1 atom stereocenters. The molecular weight excluding hydrogens is 234 g/mol. The fraction of sp³-hybridized carbons (Fsp3) is 0.625. The Labute approximate surface area is 117 Å². The summed E-state index contributed by atoms with van der Waals surface area (Å²) in [6, 6.07) is 7.12. The van der Waals surface area contributed by atoms with E-state index in [1.54, 1.807) is 0 Å². The number of benzene rings is 1. The van der Waals surface area contributed by atoms with E-state index in [-0.39, 0.29) is 6.04 Å². The number of hydrogen-bond acceptors (Lipinski definition) is 3. The van der Waals surface area contributed by atoms with Crippen LogP contribution in [0, 0.1) is 6.92 Å². The molecule has 1 saturated heterocycles. The van der Waals surface area contributed by atoms with Gasteiger partial charge in [-0.3, -0.25) is 0 Å². The van der Waals surface area contributed by atoms with Crippen molar-refractivity contribution >= 4 is 5.69 Å². The minimum absolute atomic E-state index is 0.286. The molecule has 1 aliphatic rings. The molecule has 0 saturated carbocycles. The molecule has 19 heavy (non-hydrogen) atoms. The first-order valence-electron chi connectivity index (χ1n) is 7.38. The summed E-state index contributed by atoms with van der Waals surface area (Å²) in [6.45, 7) is 8.94. The number of rotatable bonds is 4. The summed E-state index contributed by atoms with van der Waals surface area (Å²) in [6.07, 6.45) is 2.03. The number of likely N-dealkylation sites (N-methyl/N-ethyl adjacent to an activating group) is 1. The number of piperazine rings is 1. The van der Waals surface area contributed by atoms with Gasteiger partial charge in [0.05, 0.1) is 0 Å². The van der Waals surface area contributed by atoms with E-state index in [2.05, 4.69) is 48.9 Å². The molecule has 1 aromatic carbocycles. The first-order chi connectivity index (χ1) is 9.10. The highest BCUT2D eigenvalue weighted by molar-refractivity contribution is 5.55. The van der Waals surface area contributed by atoms with Crippen molar-refractivity contribution in [2.24, 2.45) is 5.73 Å². The van der Waals surface area contributed by atoms with Gasteiger partial charge in [0.25, 0.3) is 0 Å². The average molecular weight is 261 g/mol. The molecule has 1 unspecified atom stereocenters. The molecule has 1 fully saturated rings. The standard InChI is InChI=1S/C16H27N3/c1-4-15(17)12-14-5-6-16(13(2)11-14)19-9-7-18(3)8-10-19/h5-6,11,15H,4,7-10,12,17H2,1-3H3. The van der Waals surface area contributed by atoms with Gasteiger partial charge in [-0.05, 0) is 44.0 Å². The Morgan fingerprint density at radius 1 is 1.21 bits per heavy atom. The van der Waals surface area contributed by atoms with Gasteiger partial charge < -0.3 is 15.5 Å². The van der Waals surface area contributed by atoms with Crippen LogP contribution in [0.2, 0.25) is 0 Å². The van der Waals surface area contributed by atoms with Crippen LogP contribution in [0.1, 0.15) is 24.5 Å². The van der Waals surface area contributed by atoms with Gasteiger partial charge in [0.15, 0.2) is 0 Å². The van der Waals surface area contributed by atoms with E-state index in [0.29, 0.717) is 0 Å². The second kappa shape index (κ2) is 6.40. The first-order valence-corrected chi connectivity index (χ1v) is 7.38. The summed E-state index contributed by atoms with van der Waals surface area (Å²) in [7, 11) is 2.19. The van der Waals surface area contributed by atoms with Crippen LogP contribution in [0.4, 0.5) is 5.69 Å². The largest absolute Gasteiger partial charge is 0.369 e. The van der Waals surface area contributed by atoms with Crippen molar-refractivity contribution in [1.29, 1.82) is 0 Å². The lowest BCUT2D eigenvalue weighted by Gasteiger charge is -2.35. The van der Waals surface area contributed by atoms with E-state index in [1.807, 2.05) is 0 Å². The van der Waals surface area contributed by atoms with Crippen molar-refractivity contribution in [3.05, 3.63) is 29.3 Å². The van der Waals surface area contributed by atoms with E-state index in [1.165, 1.54) is 16.8 Å². The molecule has 3 heteroatoms. The number of aryl methyl sites for hydroxylation is 1. The topological polar surface area (TPSA) is 32.5 Å². The van der Waals surface area contributed by atoms with Crippen LogP contribution < -0.4 is 10.6 Å². The van der Waals surface area contributed by atoms with Crippen LogP contribution in [0.25, 0.3) is 0 Å². The molecule has 2 rings (SSSR count). The van der Waals surface area contributed by atoms with Crippen molar-refractivity contribution in [2.45, 2.75) is 32.7 Å². The SMILES string of the molecule is CCC(N)Cc1ccc(N2CCN(C)CC2)c(C)c1. The van der Waals surface area contributed by atoms with Gasteiger partial charge in [-0.25, -0.2) is 0 Å². The highest BCUT2D eigenvalue weighted by Crippen LogP contribution is 2.23. The maximum Gasteiger partial charge on any atom is 0.0397 e. The highest BCUT2D eigenvalue weighted by atomic mass is 15.2. The predicted molar refractivity (Wildman–Crippen MR) is 82.9 cm³/mol. The van der Waals surface area contributed by atoms with Crippen molar-refractivity contribution in [3.63, 3.8) is 0 Å². The molecule has 3 nitrogen and oxygen atoms in total. The van der Waals surface area contributed by atoms with Crippen molar-refractivity contribution in [1.82, 2.24) is 4.90 Å². The molecule has 106 valence electrons. The zero-order valence-electron chi connectivity index (χ0n) is 12.5. The smallest absolute Gasteiger partial charge is 0.0397 e. The Balaban J connectivity index is 2.06. The second-order valence-corrected chi connectivity index (χ2v) is 5.78. The van der Waals surface area contributed by atoms with Crippen LogP contribution in [0.3, 0.4) is 0 Å². The molecule has 1 aliphatic heterocycles. The Morgan fingerprint density at radius 2 is 1.89 bits per heavy atom. The molecule has 2 N–H and O–H groups in total. The fourth-order valence-corrected chi connectivity index (χ4v) is 2.69. The van der Waals surface area contributed by atoms with Gasteiger partial charge >= 0.3 is 0 Å². The zero-order valence-corrected chi connectivity index (χ0v) is 12.5. The number of hydrogen-bond donors (Lipinski definition) is 1. The van der Waals surface area contributed by atoms with Crippen molar-refractivity contribution in [3.8, 4) is 0 Å². The van der Waals surface area contributed by atoms with Gasteiger partial charge in [0.2, 0.25) is 0 Å². The van der Waals surface area contributed by atoms with Crippen LogP contribution in [-0.4, -0.2) is 44.2 Å².